The van der Waals surface area contributed by atoms with Crippen molar-refractivity contribution in [1.82, 2.24) is 15.1 Å². The number of carbonyl (C=O) groups excluding carboxylic acids is 1. The zero-order chi connectivity index (χ0) is 17.9. The van der Waals surface area contributed by atoms with Gasteiger partial charge in [-0.25, -0.2) is 13.6 Å². The summed E-state index contributed by atoms with van der Waals surface area (Å²) in [6.07, 6.45) is 3.17. The Labute approximate surface area is 138 Å². The van der Waals surface area contributed by atoms with Crippen LogP contribution in [0.15, 0.2) is 30.6 Å². The normalized spacial score (nSPS) is 13.6. The second-order valence-corrected chi connectivity index (χ2v) is 6.01. The van der Waals surface area contributed by atoms with Gasteiger partial charge in [0, 0.05) is 23.9 Å². The summed E-state index contributed by atoms with van der Waals surface area (Å²) in [5.41, 5.74) is -1.29. The summed E-state index contributed by atoms with van der Waals surface area (Å²) >= 11 is 0. The number of amides is 2. The molecular formula is C16H20F2N4O2. The van der Waals surface area contributed by atoms with E-state index in [0.717, 1.165) is 12.1 Å². The molecule has 1 unspecified atom stereocenters. The van der Waals surface area contributed by atoms with Crippen molar-refractivity contribution < 1.29 is 18.7 Å². The second kappa shape index (κ2) is 6.96. The molecule has 1 atom stereocenters. The van der Waals surface area contributed by atoms with Crippen molar-refractivity contribution in [3.05, 3.63) is 47.8 Å². The van der Waals surface area contributed by atoms with Crippen molar-refractivity contribution in [2.75, 3.05) is 11.9 Å². The predicted octanol–water partition coefficient (Wildman–Crippen LogP) is 2.77. The van der Waals surface area contributed by atoms with E-state index in [1.165, 1.54) is 13.1 Å². The maximum atomic E-state index is 13.8. The number of nitrogens with one attached hydrogen (secondary N) is 2. The molecule has 1 aromatic heterocycles. The van der Waals surface area contributed by atoms with Crippen LogP contribution in [0.25, 0.3) is 0 Å². The topological polar surface area (TPSA) is 79.2 Å². The van der Waals surface area contributed by atoms with Crippen molar-refractivity contribution in [3.8, 4) is 0 Å². The summed E-state index contributed by atoms with van der Waals surface area (Å²) in [5.74, 6) is -1.61. The Kier molecular flexibility index (Phi) is 5.18. The summed E-state index contributed by atoms with van der Waals surface area (Å²) in [4.78, 5) is 11.9. The van der Waals surface area contributed by atoms with Crippen LogP contribution in [-0.2, 0) is 5.60 Å². The molecule has 6 nitrogen and oxygen atoms in total. The molecule has 0 saturated heterocycles. The minimum atomic E-state index is -1.68. The minimum absolute atomic E-state index is 0.100. The Morgan fingerprint density at radius 1 is 1.42 bits per heavy atom. The molecule has 1 aromatic carbocycles. The van der Waals surface area contributed by atoms with E-state index >= 15 is 0 Å². The van der Waals surface area contributed by atoms with Crippen LogP contribution in [0, 0.1) is 11.6 Å². The minimum Gasteiger partial charge on any atom is -0.383 e. The lowest BCUT2D eigenvalue weighted by Crippen LogP contribution is -2.41. The van der Waals surface area contributed by atoms with Gasteiger partial charge in [-0.15, -0.1) is 0 Å². The average Bonchev–Trinajstić information content (AvgIpc) is 2.93. The van der Waals surface area contributed by atoms with E-state index in [4.69, 9.17) is 0 Å². The van der Waals surface area contributed by atoms with E-state index < -0.39 is 23.3 Å². The number of urea groups is 1. The number of aliphatic hydroxyl groups is 1. The van der Waals surface area contributed by atoms with E-state index in [9.17, 15) is 18.7 Å². The van der Waals surface area contributed by atoms with Gasteiger partial charge >= 0.3 is 6.03 Å². The van der Waals surface area contributed by atoms with Gasteiger partial charge in [0.2, 0.25) is 0 Å². The highest BCUT2D eigenvalue weighted by Gasteiger charge is 2.27. The number of benzene rings is 1. The van der Waals surface area contributed by atoms with E-state index in [1.807, 2.05) is 13.8 Å². The van der Waals surface area contributed by atoms with Gasteiger partial charge in [-0.05, 0) is 26.8 Å². The predicted molar refractivity (Wildman–Crippen MR) is 85.6 cm³/mol. The SMILES string of the molecule is CC(C)n1cc(NC(=O)NCC(C)(O)c2ccc(F)cc2F)cn1. The lowest BCUT2D eigenvalue weighted by atomic mass is 9.95. The van der Waals surface area contributed by atoms with Gasteiger partial charge in [0.1, 0.15) is 17.2 Å². The van der Waals surface area contributed by atoms with Gasteiger partial charge in [-0.2, -0.15) is 5.10 Å². The van der Waals surface area contributed by atoms with Crippen LogP contribution in [0.2, 0.25) is 0 Å². The fourth-order valence-corrected chi connectivity index (χ4v) is 2.13. The largest absolute Gasteiger partial charge is 0.383 e. The van der Waals surface area contributed by atoms with E-state index in [0.29, 0.717) is 11.8 Å². The standard InChI is InChI=1S/C16H20F2N4O2/c1-10(2)22-8-12(7-20-22)21-15(23)19-9-16(3,24)13-5-4-11(17)6-14(13)18/h4-8,10,24H,9H2,1-3H3,(H2,19,21,23). The molecule has 2 aromatic rings. The van der Waals surface area contributed by atoms with Crippen LogP contribution >= 0.6 is 0 Å². The van der Waals surface area contributed by atoms with Crippen molar-refractivity contribution in [1.29, 1.82) is 0 Å². The Hall–Kier alpha value is -2.48. The number of hydrogen-bond acceptors (Lipinski definition) is 3. The van der Waals surface area contributed by atoms with Crippen LogP contribution in [0.3, 0.4) is 0 Å². The van der Waals surface area contributed by atoms with Crippen LogP contribution in [-0.4, -0.2) is 27.5 Å². The van der Waals surface area contributed by atoms with Gasteiger partial charge in [0.25, 0.3) is 0 Å². The van der Waals surface area contributed by atoms with E-state index in [-0.39, 0.29) is 18.2 Å². The summed E-state index contributed by atoms with van der Waals surface area (Å²) in [6.45, 7) is 4.98. The highest BCUT2D eigenvalue weighted by atomic mass is 19.1. The molecule has 0 spiro atoms. The molecule has 0 radical (unpaired) electrons. The Morgan fingerprint density at radius 3 is 2.71 bits per heavy atom. The number of carbonyl (C=O) groups is 1. The van der Waals surface area contributed by atoms with Crippen molar-refractivity contribution in [2.24, 2.45) is 0 Å². The number of anilines is 1. The Bertz CT molecular complexity index is 729. The highest BCUT2D eigenvalue weighted by Crippen LogP contribution is 2.23. The molecule has 0 aliphatic rings. The maximum absolute atomic E-state index is 13.8. The van der Waals surface area contributed by atoms with Crippen molar-refractivity contribution in [3.63, 3.8) is 0 Å². The molecule has 2 amide bonds. The quantitative estimate of drug-likeness (QED) is 0.784. The number of aromatic nitrogens is 2. The number of nitrogens with zero attached hydrogens (tertiary/aromatic N) is 2. The highest BCUT2D eigenvalue weighted by molar-refractivity contribution is 5.88. The molecule has 130 valence electrons. The number of hydrogen-bond donors (Lipinski definition) is 3. The molecule has 2 rings (SSSR count). The first-order chi connectivity index (χ1) is 11.2. The monoisotopic (exact) mass is 338 g/mol. The molecule has 0 saturated carbocycles. The second-order valence-electron chi connectivity index (χ2n) is 6.01. The molecule has 0 aliphatic carbocycles. The maximum Gasteiger partial charge on any atom is 0.319 e. The first-order valence-electron chi connectivity index (χ1n) is 7.46. The fourth-order valence-electron chi connectivity index (χ4n) is 2.13. The van der Waals surface area contributed by atoms with E-state index in [1.54, 1.807) is 10.9 Å². The molecule has 1 heterocycles. The van der Waals surface area contributed by atoms with E-state index in [2.05, 4.69) is 15.7 Å². The van der Waals surface area contributed by atoms with Crippen LogP contribution < -0.4 is 10.6 Å². The van der Waals surface area contributed by atoms with Crippen LogP contribution in [0.1, 0.15) is 32.4 Å². The summed E-state index contributed by atoms with van der Waals surface area (Å²) in [7, 11) is 0. The van der Waals surface area contributed by atoms with Gasteiger partial charge in [0.15, 0.2) is 0 Å². The third-order valence-corrected chi connectivity index (χ3v) is 3.49. The third kappa shape index (κ3) is 4.29. The average molecular weight is 338 g/mol. The molecule has 24 heavy (non-hydrogen) atoms. The summed E-state index contributed by atoms with van der Waals surface area (Å²) in [5, 5.41) is 19.4. The molecule has 0 bridgehead atoms. The van der Waals surface area contributed by atoms with Crippen LogP contribution in [0.5, 0.6) is 0 Å². The summed E-state index contributed by atoms with van der Waals surface area (Å²) in [6, 6.07) is 2.47. The van der Waals surface area contributed by atoms with Gasteiger partial charge < -0.3 is 15.7 Å². The van der Waals surface area contributed by atoms with Crippen molar-refractivity contribution in [2.45, 2.75) is 32.4 Å². The zero-order valence-corrected chi connectivity index (χ0v) is 13.7. The number of halogens is 2. The smallest absolute Gasteiger partial charge is 0.319 e. The fraction of sp³-hybridized carbons (Fsp3) is 0.375. The van der Waals surface area contributed by atoms with Crippen LogP contribution in [0.4, 0.5) is 19.3 Å². The van der Waals surface area contributed by atoms with Gasteiger partial charge in [-0.3, -0.25) is 4.68 Å². The molecule has 0 aliphatic heterocycles. The lowest BCUT2D eigenvalue weighted by Gasteiger charge is -2.24. The molecule has 8 heteroatoms. The number of rotatable bonds is 5. The first kappa shape index (κ1) is 17.9. The molecule has 0 fully saturated rings. The third-order valence-electron chi connectivity index (χ3n) is 3.49. The first-order valence-corrected chi connectivity index (χ1v) is 7.46. The van der Waals surface area contributed by atoms with Gasteiger partial charge in [0.05, 0.1) is 18.4 Å². The molecule has 3 N–H and O–H groups in total. The summed E-state index contributed by atoms with van der Waals surface area (Å²) < 4.78 is 28.4. The lowest BCUT2D eigenvalue weighted by molar-refractivity contribution is 0.0561. The Morgan fingerprint density at radius 2 is 2.12 bits per heavy atom. The zero-order valence-electron chi connectivity index (χ0n) is 13.7. The Balaban J connectivity index is 1.96. The van der Waals surface area contributed by atoms with Crippen molar-refractivity contribution >= 4 is 11.7 Å². The van der Waals surface area contributed by atoms with Gasteiger partial charge in [-0.1, -0.05) is 6.07 Å². The molecular weight excluding hydrogens is 318 g/mol.